The highest BCUT2D eigenvalue weighted by Crippen LogP contribution is 2.22. The number of hydrogen-bond acceptors (Lipinski definition) is 4. The number of fused-ring (bicyclic) bond motifs is 1. The van der Waals surface area contributed by atoms with E-state index in [-0.39, 0.29) is 30.1 Å². The summed E-state index contributed by atoms with van der Waals surface area (Å²) in [6, 6.07) is 8.30. The molecule has 2 amide bonds. The van der Waals surface area contributed by atoms with Gasteiger partial charge in [-0.15, -0.1) is 0 Å². The molecule has 1 aliphatic rings. The van der Waals surface area contributed by atoms with Crippen molar-refractivity contribution in [3.05, 3.63) is 70.5 Å². The molecule has 1 aliphatic heterocycles. The maximum Gasteiger partial charge on any atom is 0.256 e. The third kappa shape index (κ3) is 4.10. The van der Waals surface area contributed by atoms with Gasteiger partial charge in [-0.1, -0.05) is 12.1 Å². The molecule has 31 heavy (non-hydrogen) atoms. The molecule has 0 unspecified atom stereocenters. The van der Waals surface area contributed by atoms with Crippen LogP contribution in [0.1, 0.15) is 38.5 Å². The molecule has 3 aromatic rings. The summed E-state index contributed by atoms with van der Waals surface area (Å²) in [7, 11) is 0. The van der Waals surface area contributed by atoms with Crippen molar-refractivity contribution in [2.24, 2.45) is 0 Å². The number of rotatable bonds is 2. The van der Waals surface area contributed by atoms with E-state index in [1.54, 1.807) is 29.7 Å². The topological polar surface area (TPSA) is 66.4 Å². The average Bonchev–Trinajstić information content (AvgIpc) is 3.00. The van der Waals surface area contributed by atoms with E-state index in [0.717, 1.165) is 0 Å². The van der Waals surface area contributed by atoms with Crippen LogP contribution >= 0.6 is 0 Å². The number of aromatic nitrogens is 2. The van der Waals surface area contributed by atoms with Crippen LogP contribution in [0.15, 0.2) is 36.4 Å². The minimum atomic E-state index is -0.569. The second-order valence-corrected chi connectivity index (χ2v) is 7.63. The van der Waals surface area contributed by atoms with E-state index < -0.39 is 17.5 Å². The summed E-state index contributed by atoms with van der Waals surface area (Å²) in [4.78, 5) is 37.9. The van der Waals surface area contributed by atoms with E-state index in [1.807, 2.05) is 0 Å². The Morgan fingerprint density at radius 1 is 0.839 bits per heavy atom. The van der Waals surface area contributed by atoms with Crippen LogP contribution in [-0.4, -0.2) is 57.8 Å². The molecule has 1 fully saturated rings. The van der Waals surface area contributed by atoms with Crippen molar-refractivity contribution in [3.63, 3.8) is 0 Å². The van der Waals surface area contributed by atoms with Crippen molar-refractivity contribution in [2.75, 3.05) is 26.2 Å². The zero-order valence-corrected chi connectivity index (χ0v) is 17.4. The molecule has 1 aromatic heterocycles. The number of nitrogens with zero attached hydrogens (tertiary/aromatic N) is 4. The van der Waals surface area contributed by atoms with Crippen molar-refractivity contribution >= 4 is 22.8 Å². The number of carbonyl (C=O) groups is 2. The molecular formula is C23H22F2N4O2. The first-order valence-electron chi connectivity index (χ1n) is 10.1. The molecule has 4 rings (SSSR count). The van der Waals surface area contributed by atoms with Crippen molar-refractivity contribution in [1.82, 2.24) is 19.8 Å². The van der Waals surface area contributed by atoms with Gasteiger partial charge in [0.05, 0.1) is 28.0 Å². The van der Waals surface area contributed by atoms with E-state index in [0.29, 0.717) is 41.9 Å². The Kier molecular flexibility index (Phi) is 5.63. The summed E-state index contributed by atoms with van der Waals surface area (Å²) in [6.45, 7) is 4.89. The lowest BCUT2D eigenvalue weighted by atomic mass is 10.1. The van der Waals surface area contributed by atoms with Gasteiger partial charge in [-0.3, -0.25) is 9.59 Å². The Balaban J connectivity index is 1.58. The van der Waals surface area contributed by atoms with Crippen molar-refractivity contribution in [1.29, 1.82) is 0 Å². The number of aryl methyl sites for hydroxylation is 2. The molecule has 2 aromatic carbocycles. The van der Waals surface area contributed by atoms with Gasteiger partial charge in [0.15, 0.2) is 0 Å². The Hall–Kier alpha value is -3.42. The van der Waals surface area contributed by atoms with Gasteiger partial charge in [-0.2, -0.15) is 0 Å². The first-order chi connectivity index (χ1) is 14.8. The van der Waals surface area contributed by atoms with Crippen LogP contribution in [0, 0.1) is 25.5 Å². The second kappa shape index (κ2) is 8.37. The summed E-state index contributed by atoms with van der Waals surface area (Å²) >= 11 is 0. The molecular weight excluding hydrogens is 402 g/mol. The van der Waals surface area contributed by atoms with Gasteiger partial charge in [0, 0.05) is 32.2 Å². The molecule has 2 heterocycles. The van der Waals surface area contributed by atoms with Crippen LogP contribution in [0.4, 0.5) is 8.78 Å². The van der Waals surface area contributed by atoms with Crippen molar-refractivity contribution < 1.29 is 18.4 Å². The molecule has 0 N–H and O–H groups in total. The summed E-state index contributed by atoms with van der Waals surface area (Å²) in [6.07, 6.45) is 0.531. The fraction of sp³-hybridized carbons (Fsp3) is 0.304. The molecule has 0 saturated carbocycles. The number of carbonyl (C=O) groups excluding carboxylic acids is 2. The van der Waals surface area contributed by atoms with Crippen LogP contribution < -0.4 is 0 Å². The zero-order valence-electron chi connectivity index (χ0n) is 17.4. The largest absolute Gasteiger partial charge is 0.337 e. The number of amides is 2. The van der Waals surface area contributed by atoms with Crippen molar-refractivity contribution in [3.8, 4) is 0 Å². The fourth-order valence-electron chi connectivity index (χ4n) is 3.76. The Morgan fingerprint density at radius 3 is 2.13 bits per heavy atom. The minimum Gasteiger partial charge on any atom is -0.337 e. The predicted octanol–water partition coefficient (Wildman–Crippen LogP) is 3.51. The molecule has 0 bridgehead atoms. The predicted molar refractivity (Wildman–Crippen MR) is 112 cm³/mol. The lowest BCUT2D eigenvalue weighted by molar-refractivity contribution is 0.0716. The number of benzene rings is 2. The van der Waals surface area contributed by atoms with Gasteiger partial charge in [0.25, 0.3) is 11.8 Å². The van der Waals surface area contributed by atoms with Gasteiger partial charge in [0.2, 0.25) is 0 Å². The minimum absolute atomic E-state index is 0.0134. The Bertz CT molecular complexity index is 1180. The summed E-state index contributed by atoms with van der Waals surface area (Å²) in [5.74, 6) is -1.89. The molecule has 0 radical (unpaired) electrons. The van der Waals surface area contributed by atoms with E-state index in [1.165, 1.54) is 30.3 Å². The summed E-state index contributed by atoms with van der Waals surface area (Å²) in [5.41, 5.74) is 2.20. The molecule has 0 atom stereocenters. The number of hydrogen-bond donors (Lipinski definition) is 0. The second-order valence-electron chi connectivity index (χ2n) is 7.63. The van der Waals surface area contributed by atoms with E-state index in [4.69, 9.17) is 0 Å². The molecule has 160 valence electrons. The normalized spacial score (nSPS) is 14.6. The number of halogens is 2. The molecule has 0 spiro atoms. The van der Waals surface area contributed by atoms with Crippen molar-refractivity contribution in [2.45, 2.75) is 20.3 Å². The van der Waals surface area contributed by atoms with Gasteiger partial charge >= 0.3 is 0 Å². The standard InChI is InChI=1S/C23H22F2N4O2/c1-14-15(2)27-21-18(12-16(24)13-20(21)26-14)23(31)29-9-5-8-28(10-11-29)22(30)17-6-3-4-7-19(17)25/h3-4,6-7,12-13H,5,8-11H2,1-2H3. The van der Waals surface area contributed by atoms with E-state index in [9.17, 15) is 18.4 Å². The van der Waals surface area contributed by atoms with Gasteiger partial charge < -0.3 is 9.80 Å². The molecule has 0 aliphatic carbocycles. The smallest absolute Gasteiger partial charge is 0.256 e. The fourth-order valence-corrected chi connectivity index (χ4v) is 3.76. The van der Waals surface area contributed by atoms with E-state index in [2.05, 4.69) is 9.97 Å². The van der Waals surface area contributed by atoms with Crippen LogP contribution in [0.3, 0.4) is 0 Å². The average molecular weight is 424 g/mol. The van der Waals surface area contributed by atoms with Crippen LogP contribution in [-0.2, 0) is 0 Å². The quantitative estimate of drug-likeness (QED) is 0.632. The van der Waals surface area contributed by atoms with Crippen LogP contribution in [0.5, 0.6) is 0 Å². The molecule has 8 heteroatoms. The van der Waals surface area contributed by atoms with Gasteiger partial charge in [-0.05, 0) is 38.5 Å². The van der Waals surface area contributed by atoms with Crippen LogP contribution in [0.25, 0.3) is 11.0 Å². The SMILES string of the molecule is Cc1nc2cc(F)cc(C(=O)N3CCCN(C(=O)c4ccccc4F)CC3)c2nc1C. The summed E-state index contributed by atoms with van der Waals surface area (Å²) < 4.78 is 28.2. The first kappa shape index (κ1) is 20.8. The Morgan fingerprint density at radius 2 is 1.45 bits per heavy atom. The maximum atomic E-state index is 14.2. The first-order valence-corrected chi connectivity index (χ1v) is 10.1. The van der Waals surface area contributed by atoms with E-state index >= 15 is 0 Å². The molecule has 1 saturated heterocycles. The highest BCUT2D eigenvalue weighted by Gasteiger charge is 2.26. The van der Waals surface area contributed by atoms with Gasteiger partial charge in [0.1, 0.15) is 17.2 Å². The zero-order chi connectivity index (χ0) is 22.1. The molecule has 6 nitrogen and oxygen atoms in total. The Labute approximate surface area is 178 Å². The summed E-state index contributed by atoms with van der Waals surface area (Å²) in [5, 5.41) is 0. The van der Waals surface area contributed by atoms with Gasteiger partial charge in [-0.25, -0.2) is 18.7 Å². The monoisotopic (exact) mass is 424 g/mol. The third-order valence-electron chi connectivity index (χ3n) is 5.55. The van der Waals surface area contributed by atoms with Crippen LogP contribution in [0.2, 0.25) is 0 Å². The highest BCUT2D eigenvalue weighted by molar-refractivity contribution is 6.05. The lowest BCUT2D eigenvalue weighted by Gasteiger charge is -2.23. The lowest BCUT2D eigenvalue weighted by Crippen LogP contribution is -2.37. The highest BCUT2D eigenvalue weighted by atomic mass is 19.1. The maximum absolute atomic E-state index is 14.2. The third-order valence-corrected chi connectivity index (χ3v) is 5.55.